The molecule has 1 aliphatic heterocycles. The summed E-state index contributed by atoms with van der Waals surface area (Å²) in [6.07, 6.45) is 8.07. The van der Waals surface area contributed by atoms with Gasteiger partial charge in [-0.15, -0.1) is 0 Å². The highest BCUT2D eigenvalue weighted by Gasteiger charge is 2.56. The number of aliphatic hydroxyl groups is 2. The number of allylic oxidation sites excluding steroid dienone is 1. The van der Waals surface area contributed by atoms with Crippen molar-refractivity contribution in [3.63, 3.8) is 0 Å². The molecular weight excluding hydrogens is 316 g/mol. The highest BCUT2D eigenvalue weighted by atomic mass is 16.7. The zero-order chi connectivity index (χ0) is 18.2. The predicted octanol–water partition coefficient (Wildman–Crippen LogP) is 3.52. The number of methoxy groups -OCH3 is 1. The average Bonchev–Trinajstić information content (AvgIpc) is 3.06. The molecule has 4 nitrogen and oxygen atoms in total. The second kappa shape index (κ2) is 7.30. The number of rotatable bonds is 5. The average molecular weight is 353 g/mol. The number of fused-ring (bicyclic) bond motifs is 1. The highest BCUT2D eigenvalue weighted by molar-refractivity contribution is 5.24. The lowest BCUT2D eigenvalue weighted by Crippen LogP contribution is -2.55. The largest absolute Gasteiger partial charge is 0.393 e. The standard InChI is InChI=1S/C21H36O4/c1-14-17(23)11-21(3)16(12-22)6-5-7-18(21)20(14,2)9-8-15-10-19(24-4)25-13-15/h6,14-15,17-19,22-23H,5,7-13H2,1-4H3/t14-,15+,17-,18-,19+,20+,21+/m1/s1. The summed E-state index contributed by atoms with van der Waals surface area (Å²) in [5, 5.41) is 20.7. The molecule has 0 amide bonds. The fourth-order valence-corrected chi connectivity index (χ4v) is 6.08. The first-order valence-corrected chi connectivity index (χ1v) is 9.98. The molecule has 0 aromatic rings. The minimum Gasteiger partial charge on any atom is -0.393 e. The summed E-state index contributed by atoms with van der Waals surface area (Å²) in [5.74, 6) is 1.35. The summed E-state index contributed by atoms with van der Waals surface area (Å²) in [6.45, 7) is 7.79. The van der Waals surface area contributed by atoms with Crippen LogP contribution >= 0.6 is 0 Å². The van der Waals surface area contributed by atoms with Crippen molar-refractivity contribution in [1.82, 2.24) is 0 Å². The maximum atomic E-state index is 10.8. The molecule has 3 rings (SSSR count). The first kappa shape index (κ1) is 19.3. The SMILES string of the molecule is CO[C@@H]1C[C@H](CC[C@@]2(C)[C@H](C)[C@H](O)C[C@@]3(C)C(CO)=CCC[C@H]23)CO1. The molecule has 0 radical (unpaired) electrons. The van der Waals surface area contributed by atoms with E-state index in [-0.39, 0.29) is 35.7 Å². The van der Waals surface area contributed by atoms with E-state index in [1.807, 2.05) is 0 Å². The van der Waals surface area contributed by atoms with E-state index in [2.05, 4.69) is 26.8 Å². The second-order valence-electron chi connectivity index (χ2n) is 9.14. The monoisotopic (exact) mass is 352 g/mol. The van der Waals surface area contributed by atoms with E-state index in [0.717, 1.165) is 50.7 Å². The van der Waals surface area contributed by atoms with Gasteiger partial charge in [-0.3, -0.25) is 0 Å². The van der Waals surface area contributed by atoms with Crippen molar-refractivity contribution >= 4 is 0 Å². The molecule has 4 heteroatoms. The Bertz CT molecular complexity index is 504. The zero-order valence-electron chi connectivity index (χ0n) is 16.3. The lowest BCUT2D eigenvalue weighted by atomic mass is 9.46. The van der Waals surface area contributed by atoms with Gasteiger partial charge < -0.3 is 19.7 Å². The van der Waals surface area contributed by atoms with Gasteiger partial charge in [-0.2, -0.15) is 0 Å². The summed E-state index contributed by atoms with van der Waals surface area (Å²) in [6, 6.07) is 0. The van der Waals surface area contributed by atoms with Gasteiger partial charge in [-0.1, -0.05) is 26.8 Å². The lowest BCUT2D eigenvalue weighted by molar-refractivity contribution is -0.120. The van der Waals surface area contributed by atoms with Crippen LogP contribution in [-0.2, 0) is 9.47 Å². The maximum absolute atomic E-state index is 10.8. The third-order valence-corrected chi connectivity index (χ3v) is 7.96. The van der Waals surface area contributed by atoms with Gasteiger partial charge in [0.25, 0.3) is 0 Å². The van der Waals surface area contributed by atoms with Crippen molar-refractivity contribution in [3.8, 4) is 0 Å². The summed E-state index contributed by atoms with van der Waals surface area (Å²) < 4.78 is 11.0. The molecule has 0 aromatic carbocycles. The zero-order valence-corrected chi connectivity index (χ0v) is 16.3. The van der Waals surface area contributed by atoms with Crippen LogP contribution in [-0.4, -0.2) is 42.9 Å². The molecule has 0 aromatic heterocycles. The van der Waals surface area contributed by atoms with E-state index < -0.39 is 0 Å². The smallest absolute Gasteiger partial charge is 0.157 e. The van der Waals surface area contributed by atoms with E-state index in [0.29, 0.717) is 11.8 Å². The van der Waals surface area contributed by atoms with Crippen LogP contribution in [0.25, 0.3) is 0 Å². The molecule has 7 atom stereocenters. The quantitative estimate of drug-likeness (QED) is 0.743. The van der Waals surface area contributed by atoms with Gasteiger partial charge in [-0.25, -0.2) is 0 Å². The molecule has 3 aliphatic rings. The Kier molecular flexibility index (Phi) is 5.65. The van der Waals surface area contributed by atoms with Gasteiger partial charge in [0.15, 0.2) is 6.29 Å². The molecule has 1 saturated carbocycles. The van der Waals surface area contributed by atoms with Crippen molar-refractivity contribution in [1.29, 1.82) is 0 Å². The molecule has 0 bridgehead atoms. The van der Waals surface area contributed by atoms with Crippen molar-refractivity contribution < 1.29 is 19.7 Å². The Labute approximate surface area is 152 Å². The van der Waals surface area contributed by atoms with Gasteiger partial charge in [-0.05, 0) is 66.3 Å². The van der Waals surface area contributed by atoms with Crippen molar-refractivity contribution in [3.05, 3.63) is 11.6 Å². The predicted molar refractivity (Wildman–Crippen MR) is 98.0 cm³/mol. The van der Waals surface area contributed by atoms with Crippen LogP contribution in [0.4, 0.5) is 0 Å². The summed E-state index contributed by atoms with van der Waals surface area (Å²) in [5.41, 5.74) is 1.16. The van der Waals surface area contributed by atoms with Gasteiger partial charge in [0.2, 0.25) is 0 Å². The summed E-state index contributed by atoms with van der Waals surface area (Å²) in [4.78, 5) is 0. The fourth-order valence-electron chi connectivity index (χ4n) is 6.08. The second-order valence-corrected chi connectivity index (χ2v) is 9.14. The molecule has 25 heavy (non-hydrogen) atoms. The van der Waals surface area contributed by atoms with Crippen molar-refractivity contribution in [2.75, 3.05) is 20.3 Å². The molecule has 1 heterocycles. The molecule has 2 fully saturated rings. The van der Waals surface area contributed by atoms with Gasteiger partial charge in [0.1, 0.15) is 0 Å². The lowest BCUT2D eigenvalue weighted by Gasteiger charge is -2.59. The summed E-state index contributed by atoms with van der Waals surface area (Å²) in [7, 11) is 1.71. The van der Waals surface area contributed by atoms with Crippen LogP contribution in [0.5, 0.6) is 0 Å². The topological polar surface area (TPSA) is 58.9 Å². The first-order valence-electron chi connectivity index (χ1n) is 9.98. The summed E-state index contributed by atoms with van der Waals surface area (Å²) >= 11 is 0. The van der Waals surface area contributed by atoms with Crippen molar-refractivity contribution in [2.24, 2.45) is 28.6 Å². The molecule has 0 spiro atoms. The van der Waals surface area contributed by atoms with Crippen LogP contribution in [0.1, 0.15) is 59.3 Å². The number of hydrogen-bond donors (Lipinski definition) is 2. The highest BCUT2D eigenvalue weighted by Crippen LogP contribution is 2.62. The van der Waals surface area contributed by atoms with Crippen LogP contribution in [0, 0.1) is 28.6 Å². The van der Waals surface area contributed by atoms with Crippen LogP contribution < -0.4 is 0 Å². The Morgan fingerprint density at radius 1 is 1.36 bits per heavy atom. The first-order chi connectivity index (χ1) is 11.8. The maximum Gasteiger partial charge on any atom is 0.157 e. The molecule has 2 N–H and O–H groups in total. The van der Waals surface area contributed by atoms with E-state index in [9.17, 15) is 10.2 Å². The van der Waals surface area contributed by atoms with E-state index in [4.69, 9.17) is 9.47 Å². The Hall–Kier alpha value is -0.420. The third-order valence-electron chi connectivity index (χ3n) is 7.96. The number of ether oxygens (including phenoxy) is 2. The van der Waals surface area contributed by atoms with Gasteiger partial charge >= 0.3 is 0 Å². The van der Waals surface area contributed by atoms with Crippen LogP contribution in [0.3, 0.4) is 0 Å². The number of aliphatic hydroxyl groups excluding tert-OH is 2. The van der Waals surface area contributed by atoms with Crippen LogP contribution in [0.15, 0.2) is 11.6 Å². The van der Waals surface area contributed by atoms with E-state index in [1.54, 1.807) is 7.11 Å². The molecular formula is C21H36O4. The molecule has 0 unspecified atom stereocenters. The van der Waals surface area contributed by atoms with Crippen molar-refractivity contribution in [2.45, 2.75) is 71.7 Å². The van der Waals surface area contributed by atoms with Gasteiger partial charge in [0, 0.05) is 13.5 Å². The van der Waals surface area contributed by atoms with Crippen LogP contribution in [0.2, 0.25) is 0 Å². The normalized spacial score (nSPS) is 47.4. The molecule has 144 valence electrons. The minimum absolute atomic E-state index is 0.0453. The molecule has 2 aliphatic carbocycles. The third kappa shape index (κ3) is 3.31. The minimum atomic E-state index is -0.300. The number of hydrogen-bond acceptors (Lipinski definition) is 4. The Balaban J connectivity index is 1.78. The fraction of sp³-hybridized carbons (Fsp3) is 0.905. The van der Waals surface area contributed by atoms with E-state index in [1.165, 1.54) is 0 Å². The Morgan fingerprint density at radius 3 is 2.76 bits per heavy atom. The molecule has 1 saturated heterocycles. The van der Waals surface area contributed by atoms with Gasteiger partial charge in [0.05, 0.1) is 19.3 Å². The Morgan fingerprint density at radius 2 is 2.12 bits per heavy atom. The van der Waals surface area contributed by atoms with E-state index >= 15 is 0 Å².